The summed E-state index contributed by atoms with van der Waals surface area (Å²) in [5.41, 5.74) is 6.76. The lowest BCUT2D eigenvalue weighted by molar-refractivity contribution is 0.0972. The predicted molar refractivity (Wildman–Crippen MR) is 102 cm³/mol. The first-order valence-corrected chi connectivity index (χ1v) is 9.05. The fourth-order valence-corrected chi connectivity index (χ4v) is 3.24. The van der Waals surface area contributed by atoms with Crippen LogP contribution in [0.5, 0.6) is 11.5 Å². The van der Waals surface area contributed by atoms with Crippen molar-refractivity contribution in [2.45, 2.75) is 18.8 Å². The van der Waals surface area contributed by atoms with E-state index in [1.807, 2.05) is 54.6 Å². The number of primary amides is 1. The summed E-state index contributed by atoms with van der Waals surface area (Å²) in [6, 6.07) is 16.9. The van der Waals surface area contributed by atoms with Crippen LogP contribution in [0.3, 0.4) is 0 Å². The zero-order valence-corrected chi connectivity index (χ0v) is 14.9. The molecule has 0 saturated carbocycles. The van der Waals surface area contributed by atoms with Gasteiger partial charge >= 0.3 is 0 Å². The van der Waals surface area contributed by atoms with Gasteiger partial charge in [-0.3, -0.25) is 4.79 Å². The number of nitrogens with zero attached hydrogens (tertiary/aromatic N) is 1. The minimum Gasteiger partial charge on any atom is -0.457 e. The van der Waals surface area contributed by atoms with E-state index in [1.54, 1.807) is 0 Å². The number of nitrogens with two attached hydrogens (primary N) is 1. The number of hydrogen-bond donors (Lipinski definition) is 2. The number of benzene rings is 2. The highest BCUT2D eigenvalue weighted by Crippen LogP contribution is 2.31. The van der Waals surface area contributed by atoms with Crippen molar-refractivity contribution in [1.29, 1.82) is 0 Å². The van der Waals surface area contributed by atoms with Crippen LogP contribution in [0.2, 0.25) is 0 Å². The maximum atomic E-state index is 11.8. The molecule has 2 aromatic carbocycles. The van der Waals surface area contributed by atoms with Gasteiger partial charge in [-0.05, 0) is 55.8 Å². The van der Waals surface area contributed by atoms with Crippen LogP contribution in [0, 0.1) is 0 Å². The Hall–Kier alpha value is -3.12. The van der Waals surface area contributed by atoms with Crippen molar-refractivity contribution >= 4 is 5.91 Å². The van der Waals surface area contributed by atoms with Gasteiger partial charge in [0.25, 0.3) is 5.91 Å². The van der Waals surface area contributed by atoms with E-state index in [0.717, 1.165) is 37.2 Å². The van der Waals surface area contributed by atoms with E-state index < -0.39 is 5.91 Å². The van der Waals surface area contributed by atoms with Gasteiger partial charge in [0.15, 0.2) is 5.89 Å². The highest BCUT2D eigenvalue weighted by molar-refractivity contribution is 5.96. The molecule has 27 heavy (non-hydrogen) atoms. The second-order valence-corrected chi connectivity index (χ2v) is 6.58. The summed E-state index contributed by atoms with van der Waals surface area (Å²) < 4.78 is 11.5. The molecule has 0 aliphatic carbocycles. The Morgan fingerprint density at radius 3 is 2.52 bits per heavy atom. The smallest absolute Gasteiger partial charge is 0.286 e. The molecule has 1 aliphatic rings. The number of rotatable bonds is 5. The number of nitrogens with one attached hydrogen (secondary N) is 1. The summed E-state index contributed by atoms with van der Waals surface area (Å²) in [5, 5.41) is 3.33. The first kappa shape index (κ1) is 17.3. The molecule has 1 amide bonds. The SMILES string of the molecule is NC(=O)c1oc(C2CCCNC2)nc1-c1ccc(Oc2ccccc2)cc1. The van der Waals surface area contributed by atoms with Crippen molar-refractivity contribution < 1.29 is 13.9 Å². The molecule has 4 rings (SSSR count). The molecule has 3 N–H and O–H groups in total. The molecule has 6 heteroatoms. The molecule has 138 valence electrons. The van der Waals surface area contributed by atoms with E-state index in [-0.39, 0.29) is 11.7 Å². The molecule has 1 aliphatic heterocycles. The molecule has 1 aromatic heterocycles. The lowest BCUT2D eigenvalue weighted by Crippen LogP contribution is -2.28. The summed E-state index contributed by atoms with van der Waals surface area (Å²) in [4.78, 5) is 16.4. The summed E-state index contributed by atoms with van der Waals surface area (Å²) in [6.07, 6.45) is 2.04. The standard InChI is InChI=1S/C21H21N3O3/c22-20(25)19-18(24-21(27-19)15-5-4-12-23-13-15)14-8-10-17(11-9-14)26-16-6-2-1-3-7-16/h1-3,6-11,15,23H,4-5,12-13H2,(H2,22,25). The lowest BCUT2D eigenvalue weighted by atomic mass is 10.00. The second kappa shape index (κ2) is 7.63. The number of aromatic nitrogens is 1. The van der Waals surface area contributed by atoms with Crippen molar-refractivity contribution in [1.82, 2.24) is 10.3 Å². The third-order valence-corrected chi connectivity index (χ3v) is 4.62. The van der Waals surface area contributed by atoms with Crippen LogP contribution in [0.25, 0.3) is 11.3 Å². The van der Waals surface area contributed by atoms with Crippen molar-refractivity contribution in [2.24, 2.45) is 5.73 Å². The van der Waals surface area contributed by atoms with Crippen molar-refractivity contribution in [2.75, 3.05) is 13.1 Å². The van der Waals surface area contributed by atoms with Gasteiger partial charge in [-0.2, -0.15) is 0 Å². The molecular formula is C21H21N3O3. The van der Waals surface area contributed by atoms with Gasteiger partial charge in [-0.25, -0.2) is 4.98 Å². The minimum absolute atomic E-state index is 0.104. The average molecular weight is 363 g/mol. The Morgan fingerprint density at radius 1 is 1.11 bits per heavy atom. The monoisotopic (exact) mass is 363 g/mol. The van der Waals surface area contributed by atoms with Gasteiger partial charge in [0, 0.05) is 18.0 Å². The van der Waals surface area contributed by atoms with Gasteiger partial charge in [-0.1, -0.05) is 18.2 Å². The van der Waals surface area contributed by atoms with Crippen LogP contribution >= 0.6 is 0 Å². The second-order valence-electron chi connectivity index (χ2n) is 6.58. The zero-order chi connectivity index (χ0) is 18.6. The van der Waals surface area contributed by atoms with E-state index in [2.05, 4.69) is 10.3 Å². The topological polar surface area (TPSA) is 90.4 Å². The van der Waals surface area contributed by atoms with Gasteiger partial charge in [-0.15, -0.1) is 0 Å². The number of para-hydroxylation sites is 1. The number of piperidine rings is 1. The molecule has 0 radical (unpaired) electrons. The van der Waals surface area contributed by atoms with Crippen LogP contribution in [0.15, 0.2) is 59.0 Å². The maximum Gasteiger partial charge on any atom is 0.286 e. The molecule has 1 saturated heterocycles. The first-order valence-electron chi connectivity index (χ1n) is 9.05. The molecule has 1 fully saturated rings. The Labute approximate surface area is 157 Å². The number of ether oxygens (including phenoxy) is 1. The summed E-state index contributed by atoms with van der Waals surface area (Å²) >= 11 is 0. The molecule has 0 bridgehead atoms. The van der Waals surface area contributed by atoms with Gasteiger partial charge in [0.2, 0.25) is 5.76 Å². The average Bonchev–Trinajstić information content (AvgIpc) is 3.16. The highest BCUT2D eigenvalue weighted by atomic mass is 16.5. The number of amides is 1. The van der Waals surface area contributed by atoms with Crippen LogP contribution in [-0.4, -0.2) is 24.0 Å². The van der Waals surface area contributed by atoms with Crippen LogP contribution in [-0.2, 0) is 0 Å². The van der Waals surface area contributed by atoms with Crippen molar-refractivity contribution in [3.05, 3.63) is 66.2 Å². The third-order valence-electron chi connectivity index (χ3n) is 4.62. The molecule has 1 unspecified atom stereocenters. The van der Waals surface area contributed by atoms with E-state index in [1.165, 1.54) is 0 Å². The number of hydrogen-bond acceptors (Lipinski definition) is 5. The molecule has 0 spiro atoms. The van der Waals surface area contributed by atoms with E-state index in [9.17, 15) is 4.79 Å². The Balaban J connectivity index is 1.60. The van der Waals surface area contributed by atoms with Crippen molar-refractivity contribution in [3.8, 4) is 22.8 Å². The lowest BCUT2D eigenvalue weighted by Gasteiger charge is -2.19. The maximum absolute atomic E-state index is 11.8. The summed E-state index contributed by atoms with van der Waals surface area (Å²) in [6.45, 7) is 1.79. The van der Waals surface area contributed by atoms with Gasteiger partial charge in [0.05, 0.1) is 0 Å². The van der Waals surface area contributed by atoms with Crippen LogP contribution < -0.4 is 15.8 Å². The number of carbonyl (C=O) groups excluding carboxylic acids is 1. The Morgan fingerprint density at radius 2 is 1.85 bits per heavy atom. The van der Waals surface area contributed by atoms with E-state index in [4.69, 9.17) is 14.9 Å². The predicted octanol–water partition coefficient (Wildman–Crippen LogP) is 3.70. The Kier molecular flexibility index (Phi) is 4.89. The number of oxazole rings is 1. The Bertz CT molecular complexity index is 914. The van der Waals surface area contributed by atoms with Crippen LogP contribution in [0.1, 0.15) is 35.2 Å². The van der Waals surface area contributed by atoms with E-state index in [0.29, 0.717) is 17.3 Å². The summed E-state index contributed by atoms with van der Waals surface area (Å²) in [7, 11) is 0. The quantitative estimate of drug-likeness (QED) is 0.721. The first-order chi connectivity index (χ1) is 13.2. The van der Waals surface area contributed by atoms with Gasteiger partial charge in [0.1, 0.15) is 17.2 Å². The van der Waals surface area contributed by atoms with E-state index >= 15 is 0 Å². The normalized spacial score (nSPS) is 16.8. The molecule has 1 atom stereocenters. The number of carbonyl (C=O) groups is 1. The highest BCUT2D eigenvalue weighted by Gasteiger charge is 2.25. The fraction of sp³-hybridized carbons (Fsp3) is 0.238. The minimum atomic E-state index is -0.614. The van der Waals surface area contributed by atoms with Gasteiger partial charge < -0.3 is 20.2 Å². The molecule has 2 heterocycles. The molecule has 6 nitrogen and oxygen atoms in total. The third kappa shape index (κ3) is 3.85. The summed E-state index contributed by atoms with van der Waals surface area (Å²) in [5.74, 6) is 1.67. The largest absolute Gasteiger partial charge is 0.457 e. The molecular weight excluding hydrogens is 342 g/mol. The molecule has 3 aromatic rings. The van der Waals surface area contributed by atoms with Crippen LogP contribution in [0.4, 0.5) is 0 Å². The van der Waals surface area contributed by atoms with Crippen molar-refractivity contribution in [3.63, 3.8) is 0 Å². The fourth-order valence-electron chi connectivity index (χ4n) is 3.24. The zero-order valence-electron chi connectivity index (χ0n) is 14.9.